The van der Waals surface area contributed by atoms with Crippen LogP contribution in [0.4, 0.5) is 0 Å². The lowest BCUT2D eigenvalue weighted by Gasteiger charge is -2.40. The SMILES string of the molecule is C[C@H]1OC(CO)[C@@H](O)[C@@H](OCc2ccccc2)C1O. The van der Waals surface area contributed by atoms with E-state index in [0.717, 1.165) is 5.56 Å². The number of benzene rings is 1. The fourth-order valence-corrected chi connectivity index (χ4v) is 2.23. The highest BCUT2D eigenvalue weighted by Gasteiger charge is 2.43. The molecule has 0 radical (unpaired) electrons. The average Bonchev–Trinajstić information content (AvgIpc) is 2.44. The number of ether oxygens (including phenoxy) is 2. The van der Waals surface area contributed by atoms with Crippen LogP contribution in [-0.2, 0) is 16.1 Å². The molecular weight excluding hydrogens is 248 g/mol. The summed E-state index contributed by atoms with van der Waals surface area (Å²) in [6, 6.07) is 9.52. The van der Waals surface area contributed by atoms with Crippen molar-refractivity contribution in [2.45, 2.75) is 44.1 Å². The van der Waals surface area contributed by atoms with Crippen molar-refractivity contribution >= 4 is 0 Å². The number of hydrogen-bond donors (Lipinski definition) is 3. The van der Waals surface area contributed by atoms with Crippen molar-refractivity contribution in [2.24, 2.45) is 0 Å². The van der Waals surface area contributed by atoms with Crippen molar-refractivity contribution in [3.8, 4) is 0 Å². The molecule has 1 saturated heterocycles. The summed E-state index contributed by atoms with van der Waals surface area (Å²) in [7, 11) is 0. The highest BCUT2D eigenvalue weighted by atomic mass is 16.6. The van der Waals surface area contributed by atoms with E-state index in [9.17, 15) is 10.2 Å². The van der Waals surface area contributed by atoms with Crippen LogP contribution < -0.4 is 0 Å². The summed E-state index contributed by atoms with van der Waals surface area (Å²) in [5.41, 5.74) is 0.960. The number of aliphatic hydroxyl groups is 3. The summed E-state index contributed by atoms with van der Waals surface area (Å²) >= 11 is 0. The van der Waals surface area contributed by atoms with Gasteiger partial charge < -0.3 is 24.8 Å². The van der Waals surface area contributed by atoms with Crippen LogP contribution in [0.15, 0.2) is 30.3 Å². The predicted octanol–water partition coefficient (Wildman–Crippen LogP) is 0.0732. The molecule has 2 rings (SSSR count). The van der Waals surface area contributed by atoms with Crippen molar-refractivity contribution in [1.82, 2.24) is 0 Å². The van der Waals surface area contributed by atoms with E-state index in [-0.39, 0.29) is 6.61 Å². The summed E-state index contributed by atoms with van der Waals surface area (Å²) in [4.78, 5) is 0. The van der Waals surface area contributed by atoms with Crippen LogP contribution in [0.1, 0.15) is 12.5 Å². The lowest BCUT2D eigenvalue weighted by atomic mass is 9.95. The molecular formula is C14H20O5. The van der Waals surface area contributed by atoms with E-state index < -0.39 is 30.5 Å². The summed E-state index contributed by atoms with van der Waals surface area (Å²) in [6.07, 6.45) is -3.93. The van der Waals surface area contributed by atoms with Gasteiger partial charge in [-0.1, -0.05) is 30.3 Å². The molecule has 0 saturated carbocycles. The van der Waals surface area contributed by atoms with Crippen LogP contribution in [0, 0.1) is 0 Å². The van der Waals surface area contributed by atoms with E-state index >= 15 is 0 Å². The molecule has 1 aliphatic heterocycles. The zero-order valence-corrected chi connectivity index (χ0v) is 10.8. The molecule has 5 heteroatoms. The largest absolute Gasteiger partial charge is 0.394 e. The highest BCUT2D eigenvalue weighted by Crippen LogP contribution is 2.24. The maximum absolute atomic E-state index is 10.0. The molecule has 5 atom stereocenters. The summed E-state index contributed by atoms with van der Waals surface area (Å²) in [5.74, 6) is 0. The van der Waals surface area contributed by atoms with Crippen molar-refractivity contribution in [2.75, 3.05) is 6.61 Å². The molecule has 0 aromatic heterocycles. The summed E-state index contributed by atoms with van der Waals surface area (Å²) < 4.78 is 10.9. The normalized spacial score (nSPS) is 35.3. The Morgan fingerprint density at radius 2 is 1.84 bits per heavy atom. The second kappa shape index (κ2) is 6.45. The quantitative estimate of drug-likeness (QED) is 0.720. The minimum atomic E-state index is -1.04. The van der Waals surface area contributed by atoms with E-state index in [0.29, 0.717) is 6.61 Å². The lowest BCUT2D eigenvalue weighted by Crippen LogP contribution is -2.58. The first-order valence-corrected chi connectivity index (χ1v) is 6.41. The first kappa shape index (κ1) is 14.4. The maximum Gasteiger partial charge on any atom is 0.115 e. The third kappa shape index (κ3) is 3.32. The van der Waals surface area contributed by atoms with Gasteiger partial charge in [-0.2, -0.15) is 0 Å². The fourth-order valence-electron chi connectivity index (χ4n) is 2.23. The lowest BCUT2D eigenvalue weighted by molar-refractivity contribution is -0.239. The van der Waals surface area contributed by atoms with Crippen LogP contribution in [0.3, 0.4) is 0 Å². The highest BCUT2D eigenvalue weighted by molar-refractivity contribution is 5.13. The smallest absolute Gasteiger partial charge is 0.115 e. The monoisotopic (exact) mass is 268 g/mol. The molecule has 0 aliphatic carbocycles. The van der Waals surface area contributed by atoms with Gasteiger partial charge in [0.25, 0.3) is 0 Å². The van der Waals surface area contributed by atoms with Crippen molar-refractivity contribution in [3.63, 3.8) is 0 Å². The molecule has 3 N–H and O–H groups in total. The van der Waals surface area contributed by atoms with E-state index in [1.54, 1.807) is 6.92 Å². The van der Waals surface area contributed by atoms with Gasteiger partial charge in [0.1, 0.15) is 24.4 Å². The summed E-state index contributed by atoms with van der Waals surface area (Å²) in [6.45, 7) is 1.69. The van der Waals surface area contributed by atoms with E-state index in [1.807, 2.05) is 30.3 Å². The van der Waals surface area contributed by atoms with Gasteiger partial charge in [0.15, 0.2) is 0 Å². The molecule has 0 amide bonds. The Kier molecular flexibility index (Phi) is 4.90. The molecule has 2 unspecified atom stereocenters. The minimum absolute atomic E-state index is 0.296. The van der Waals surface area contributed by atoms with Crippen LogP contribution in [0.25, 0.3) is 0 Å². The van der Waals surface area contributed by atoms with Crippen molar-refractivity contribution < 1.29 is 24.8 Å². The maximum atomic E-state index is 10.0. The Bertz CT molecular complexity index is 383. The van der Waals surface area contributed by atoms with Crippen LogP contribution in [0.2, 0.25) is 0 Å². The number of aliphatic hydroxyl groups excluding tert-OH is 3. The van der Waals surface area contributed by atoms with Gasteiger partial charge in [-0.15, -0.1) is 0 Å². The van der Waals surface area contributed by atoms with Gasteiger partial charge in [0.05, 0.1) is 19.3 Å². The zero-order chi connectivity index (χ0) is 13.8. The van der Waals surface area contributed by atoms with Crippen LogP contribution >= 0.6 is 0 Å². The third-order valence-electron chi connectivity index (χ3n) is 3.39. The fraction of sp³-hybridized carbons (Fsp3) is 0.571. The van der Waals surface area contributed by atoms with Gasteiger partial charge in [-0.25, -0.2) is 0 Å². The molecule has 1 aromatic rings. The molecule has 106 valence electrons. The molecule has 1 aliphatic rings. The Balaban J connectivity index is 2.00. The van der Waals surface area contributed by atoms with E-state index in [4.69, 9.17) is 14.6 Å². The first-order chi connectivity index (χ1) is 9.13. The second-order valence-electron chi connectivity index (χ2n) is 4.80. The Labute approximate surface area is 112 Å². The topological polar surface area (TPSA) is 79.2 Å². The predicted molar refractivity (Wildman–Crippen MR) is 68.5 cm³/mol. The van der Waals surface area contributed by atoms with E-state index in [2.05, 4.69) is 0 Å². The van der Waals surface area contributed by atoms with Crippen molar-refractivity contribution in [1.29, 1.82) is 0 Å². The zero-order valence-electron chi connectivity index (χ0n) is 10.8. The standard InChI is InChI=1S/C14H20O5/c1-9-12(16)14(13(17)11(7-15)19-9)18-8-10-5-3-2-4-6-10/h2-6,9,11-17H,7-8H2,1H3/t9-,11?,12?,13-,14+/m1/s1. The number of hydrogen-bond acceptors (Lipinski definition) is 5. The van der Waals surface area contributed by atoms with Gasteiger partial charge in [-0.05, 0) is 12.5 Å². The van der Waals surface area contributed by atoms with Crippen molar-refractivity contribution in [3.05, 3.63) is 35.9 Å². The molecule has 1 fully saturated rings. The Morgan fingerprint density at radius 3 is 2.47 bits per heavy atom. The van der Waals surface area contributed by atoms with Gasteiger partial charge in [0, 0.05) is 0 Å². The molecule has 1 aromatic carbocycles. The van der Waals surface area contributed by atoms with Crippen LogP contribution in [0.5, 0.6) is 0 Å². The Hall–Kier alpha value is -0.980. The van der Waals surface area contributed by atoms with Gasteiger partial charge >= 0.3 is 0 Å². The van der Waals surface area contributed by atoms with Gasteiger partial charge in [0.2, 0.25) is 0 Å². The third-order valence-corrected chi connectivity index (χ3v) is 3.39. The second-order valence-corrected chi connectivity index (χ2v) is 4.80. The first-order valence-electron chi connectivity index (χ1n) is 6.41. The number of rotatable bonds is 4. The van der Waals surface area contributed by atoms with E-state index in [1.165, 1.54) is 0 Å². The molecule has 19 heavy (non-hydrogen) atoms. The average molecular weight is 268 g/mol. The van der Waals surface area contributed by atoms with Gasteiger partial charge in [-0.3, -0.25) is 0 Å². The minimum Gasteiger partial charge on any atom is -0.394 e. The van der Waals surface area contributed by atoms with Crippen LogP contribution in [-0.4, -0.2) is 52.4 Å². The molecule has 0 bridgehead atoms. The Morgan fingerprint density at radius 1 is 1.16 bits per heavy atom. The molecule has 1 heterocycles. The molecule has 5 nitrogen and oxygen atoms in total. The summed E-state index contributed by atoms with van der Waals surface area (Å²) in [5, 5.41) is 29.2. The molecule has 0 spiro atoms.